The third-order valence-corrected chi connectivity index (χ3v) is 4.38. The number of likely N-dealkylation sites (tertiary alicyclic amines) is 1. The van der Waals surface area contributed by atoms with Crippen LogP contribution >= 0.6 is 0 Å². The fourth-order valence-corrected chi connectivity index (χ4v) is 2.82. The summed E-state index contributed by atoms with van der Waals surface area (Å²) < 4.78 is 5.68. The Hall–Kier alpha value is -2.40. The maximum Gasteiger partial charge on any atom is 0.251 e. The van der Waals surface area contributed by atoms with Crippen LogP contribution in [0.5, 0.6) is 11.5 Å². The van der Waals surface area contributed by atoms with Gasteiger partial charge in [0.05, 0.1) is 6.20 Å². The predicted octanol–water partition coefficient (Wildman–Crippen LogP) is 2.95. The van der Waals surface area contributed by atoms with Crippen molar-refractivity contribution >= 4 is 5.91 Å². The normalized spacial score (nSPS) is 15.9. The largest absolute Gasteiger partial charge is 0.456 e. The molecule has 5 nitrogen and oxygen atoms in total. The monoisotopic (exact) mass is 325 g/mol. The lowest BCUT2D eigenvalue weighted by atomic mass is 9.97. The zero-order valence-corrected chi connectivity index (χ0v) is 13.9. The first-order valence-electron chi connectivity index (χ1n) is 8.35. The minimum Gasteiger partial charge on any atom is -0.456 e. The Kier molecular flexibility index (Phi) is 5.43. The summed E-state index contributed by atoms with van der Waals surface area (Å²) in [6, 6.07) is 10.8. The van der Waals surface area contributed by atoms with Gasteiger partial charge in [0, 0.05) is 18.3 Å². The molecule has 1 fully saturated rings. The lowest BCUT2D eigenvalue weighted by molar-refractivity contribution is 0.0939. The minimum absolute atomic E-state index is 0.0261. The molecule has 1 aliphatic rings. The second kappa shape index (κ2) is 7.93. The zero-order valence-electron chi connectivity index (χ0n) is 13.9. The van der Waals surface area contributed by atoms with Gasteiger partial charge in [0.1, 0.15) is 11.5 Å². The summed E-state index contributed by atoms with van der Waals surface area (Å²) in [7, 11) is 2.14. The average Bonchev–Trinajstić information content (AvgIpc) is 2.62. The minimum atomic E-state index is -0.0261. The second-order valence-electron chi connectivity index (χ2n) is 6.27. The molecule has 0 radical (unpaired) electrons. The number of benzene rings is 1. The van der Waals surface area contributed by atoms with Crippen LogP contribution in [0.15, 0.2) is 48.8 Å². The number of nitrogens with one attached hydrogen (secondary N) is 1. The van der Waals surface area contributed by atoms with E-state index in [1.165, 1.54) is 0 Å². The van der Waals surface area contributed by atoms with E-state index in [1.54, 1.807) is 36.7 Å². The fourth-order valence-electron chi connectivity index (χ4n) is 2.82. The van der Waals surface area contributed by atoms with Gasteiger partial charge in [-0.25, -0.2) is 0 Å². The van der Waals surface area contributed by atoms with Gasteiger partial charge in [0.2, 0.25) is 0 Å². The Labute approximate surface area is 142 Å². The van der Waals surface area contributed by atoms with E-state index in [9.17, 15) is 4.79 Å². The van der Waals surface area contributed by atoms with E-state index in [4.69, 9.17) is 4.74 Å². The number of nitrogens with zero attached hydrogens (tertiary/aromatic N) is 2. The van der Waals surface area contributed by atoms with Gasteiger partial charge in [-0.2, -0.15) is 0 Å². The molecule has 1 aliphatic heterocycles. The number of pyridine rings is 1. The van der Waals surface area contributed by atoms with E-state index in [2.05, 4.69) is 22.2 Å². The van der Waals surface area contributed by atoms with Gasteiger partial charge in [0.25, 0.3) is 5.91 Å². The number of aromatic nitrogens is 1. The molecule has 0 unspecified atom stereocenters. The molecule has 126 valence electrons. The molecule has 1 N–H and O–H groups in total. The summed E-state index contributed by atoms with van der Waals surface area (Å²) in [5, 5.41) is 3.04. The third-order valence-electron chi connectivity index (χ3n) is 4.38. The molecule has 1 saturated heterocycles. The Morgan fingerprint density at radius 1 is 1.21 bits per heavy atom. The molecule has 1 amide bonds. The molecular weight excluding hydrogens is 302 g/mol. The molecule has 0 saturated carbocycles. The van der Waals surface area contributed by atoms with Gasteiger partial charge < -0.3 is 15.0 Å². The highest BCUT2D eigenvalue weighted by atomic mass is 16.5. The molecule has 1 aromatic heterocycles. The highest BCUT2D eigenvalue weighted by Gasteiger charge is 2.17. The van der Waals surface area contributed by atoms with E-state index in [0.29, 0.717) is 23.0 Å². The third kappa shape index (κ3) is 4.55. The van der Waals surface area contributed by atoms with Crippen molar-refractivity contribution in [2.45, 2.75) is 12.8 Å². The molecule has 5 heteroatoms. The maximum atomic E-state index is 12.2. The van der Waals surface area contributed by atoms with Crippen LogP contribution in [0.4, 0.5) is 0 Å². The van der Waals surface area contributed by atoms with Gasteiger partial charge in [-0.05, 0) is 75.3 Å². The summed E-state index contributed by atoms with van der Waals surface area (Å²) in [5.74, 6) is 1.92. The molecule has 3 rings (SSSR count). The number of rotatable bonds is 5. The van der Waals surface area contributed by atoms with Crippen molar-refractivity contribution in [1.82, 2.24) is 15.2 Å². The van der Waals surface area contributed by atoms with Crippen molar-refractivity contribution in [3.63, 3.8) is 0 Å². The number of carbonyl (C=O) groups is 1. The van der Waals surface area contributed by atoms with Crippen molar-refractivity contribution < 1.29 is 9.53 Å². The zero-order chi connectivity index (χ0) is 16.8. The van der Waals surface area contributed by atoms with E-state index < -0.39 is 0 Å². The van der Waals surface area contributed by atoms with Crippen LogP contribution in [0, 0.1) is 5.92 Å². The summed E-state index contributed by atoms with van der Waals surface area (Å²) in [6.07, 6.45) is 5.65. The predicted molar refractivity (Wildman–Crippen MR) is 93.3 cm³/mol. The number of ether oxygens (including phenoxy) is 1. The molecule has 2 heterocycles. The van der Waals surface area contributed by atoms with Gasteiger partial charge >= 0.3 is 0 Å². The quantitative estimate of drug-likeness (QED) is 0.918. The van der Waals surface area contributed by atoms with Crippen LogP contribution in [-0.2, 0) is 0 Å². The molecule has 0 spiro atoms. The first-order chi connectivity index (χ1) is 11.7. The van der Waals surface area contributed by atoms with Crippen LogP contribution in [0.2, 0.25) is 0 Å². The molecule has 24 heavy (non-hydrogen) atoms. The van der Waals surface area contributed by atoms with E-state index in [0.717, 1.165) is 32.5 Å². The SMILES string of the molecule is CN1CCC(CNC(=O)c2ccc(Oc3cccnc3)cc2)CC1. The van der Waals surface area contributed by atoms with Crippen molar-refractivity contribution in [2.75, 3.05) is 26.7 Å². The highest BCUT2D eigenvalue weighted by molar-refractivity contribution is 5.94. The number of piperidine rings is 1. The second-order valence-corrected chi connectivity index (χ2v) is 6.27. The fraction of sp³-hybridized carbons (Fsp3) is 0.368. The topological polar surface area (TPSA) is 54.5 Å². The Morgan fingerprint density at radius 2 is 1.96 bits per heavy atom. The molecule has 0 bridgehead atoms. The highest BCUT2D eigenvalue weighted by Crippen LogP contribution is 2.20. The average molecular weight is 325 g/mol. The molecule has 0 aliphatic carbocycles. The number of amides is 1. The molecule has 2 aromatic rings. The van der Waals surface area contributed by atoms with E-state index >= 15 is 0 Å². The molecule has 0 atom stereocenters. The number of hydrogen-bond acceptors (Lipinski definition) is 4. The maximum absolute atomic E-state index is 12.2. The van der Waals surface area contributed by atoms with Crippen LogP contribution in [0.1, 0.15) is 23.2 Å². The lowest BCUT2D eigenvalue weighted by Gasteiger charge is -2.28. The van der Waals surface area contributed by atoms with Gasteiger partial charge in [-0.15, -0.1) is 0 Å². The van der Waals surface area contributed by atoms with Crippen LogP contribution in [-0.4, -0.2) is 42.5 Å². The smallest absolute Gasteiger partial charge is 0.251 e. The summed E-state index contributed by atoms with van der Waals surface area (Å²) >= 11 is 0. The first kappa shape index (κ1) is 16.5. The molecular formula is C19H23N3O2. The van der Waals surface area contributed by atoms with Crippen molar-refractivity contribution in [3.8, 4) is 11.5 Å². The van der Waals surface area contributed by atoms with Gasteiger partial charge in [-0.3, -0.25) is 9.78 Å². The first-order valence-corrected chi connectivity index (χ1v) is 8.35. The Morgan fingerprint density at radius 3 is 2.62 bits per heavy atom. The lowest BCUT2D eigenvalue weighted by Crippen LogP contribution is -2.36. The Balaban J connectivity index is 1.50. The van der Waals surface area contributed by atoms with Gasteiger partial charge in [-0.1, -0.05) is 0 Å². The van der Waals surface area contributed by atoms with Crippen molar-refractivity contribution in [1.29, 1.82) is 0 Å². The van der Waals surface area contributed by atoms with E-state index in [1.807, 2.05) is 12.1 Å². The summed E-state index contributed by atoms with van der Waals surface area (Å²) in [6.45, 7) is 2.97. The van der Waals surface area contributed by atoms with Crippen LogP contribution in [0.3, 0.4) is 0 Å². The summed E-state index contributed by atoms with van der Waals surface area (Å²) in [4.78, 5) is 18.6. The Bertz CT molecular complexity index is 650. The standard InChI is InChI=1S/C19H23N3O2/c1-22-11-8-15(9-12-22)13-21-19(23)16-4-6-17(7-5-16)24-18-3-2-10-20-14-18/h2-7,10,14-15H,8-9,11-13H2,1H3,(H,21,23). The van der Waals surface area contributed by atoms with Crippen molar-refractivity contribution in [3.05, 3.63) is 54.4 Å². The van der Waals surface area contributed by atoms with Gasteiger partial charge in [0.15, 0.2) is 0 Å². The van der Waals surface area contributed by atoms with E-state index in [-0.39, 0.29) is 5.91 Å². The van der Waals surface area contributed by atoms with Crippen molar-refractivity contribution in [2.24, 2.45) is 5.92 Å². The van der Waals surface area contributed by atoms with Crippen LogP contribution < -0.4 is 10.1 Å². The number of hydrogen-bond donors (Lipinski definition) is 1. The molecule has 1 aromatic carbocycles. The summed E-state index contributed by atoms with van der Waals surface area (Å²) in [5.41, 5.74) is 0.654. The number of carbonyl (C=O) groups excluding carboxylic acids is 1. The van der Waals surface area contributed by atoms with Crippen LogP contribution in [0.25, 0.3) is 0 Å².